The third-order valence-electron chi connectivity index (χ3n) is 5.98. The first-order valence-corrected chi connectivity index (χ1v) is 13.0. The molecule has 37 heavy (non-hydrogen) atoms. The van der Waals surface area contributed by atoms with Crippen LogP contribution in [0.3, 0.4) is 0 Å². The standard InChI is InChI=1S/C27H24F3N3O3S/c1-16-13-23(26(34)32-21-8-10-22(11-9-21)37(3,35)36)17(2)33(16)25-12-7-19(15-24(25)27(28,29)30)18-5-4-6-20(31)14-18/h4-15H,31H2,1-3H3,(H,32,34). The topological polar surface area (TPSA) is 94.2 Å². The number of amides is 1. The molecule has 1 amide bonds. The number of sulfone groups is 1. The molecule has 0 aliphatic carbocycles. The smallest absolute Gasteiger partial charge is 0.399 e. The van der Waals surface area contributed by atoms with Crippen molar-refractivity contribution in [2.45, 2.75) is 24.9 Å². The maximum Gasteiger partial charge on any atom is 0.418 e. The number of hydrogen-bond acceptors (Lipinski definition) is 4. The summed E-state index contributed by atoms with van der Waals surface area (Å²) < 4.78 is 67.2. The minimum absolute atomic E-state index is 0.102. The van der Waals surface area contributed by atoms with Gasteiger partial charge < -0.3 is 15.6 Å². The number of nitrogen functional groups attached to an aromatic ring is 1. The number of nitrogens with two attached hydrogens (primary N) is 1. The van der Waals surface area contributed by atoms with Crippen LogP contribution in [-0.2, 0) is 16.0 Å². The normalized spacial score (nSPS) is 11.9. The van der Waals surface area contributed by atoms with Crippen LogP contribution < -0.4 is 11.1 Å². The lowest BCUT2D eigenvalue weighted by atomic mass is 10.0. The predicted molar refractivity (Wildman–Crippen MR) is 138 cm³/mol. The molecule has 0 atom stereocenters. The number of carbonyl (C=O) groups is 1. The van der Waals surface area contributed by atoms with Gasteiger partial charge >= 0.3 is 6.18 Å². The number of nitrogens with one attached hydrogen (secondary N) is 1. The largest absolute Gasteiger partial charge is 0.418 e. The Morgan fingerprint density at radius 3 is 2.16 bits per heavy atom. The molecule has 192 valence electrons. The Balaban J connectivity index is 1.73. The van der Waals surface area contributed by atoms with Crippen LogP contribution in [0, 0.1) is 13.8 Å². The molecular weight excluding hydrogens is 503 g/mol. The third kappa shape index (κ3) is 5.39. The minimum atomic E-state index is -4.65. The number of carbonyl (C=O) groups excluding carboxylic acids is 1. The summed E-state index contributed by atoms with van der Waals surface area (Å²) in [6.07, 6.45) is -3.58. The molecule has 0 bridgehead atoms. The molecular formula is C27H24F3N3O3S. The predicted octanol–water partition coefficient (Wildman–Crippen LogP) is 6.02. The first-order valence-electron chi connectivity index (χ1n) is 11.1. The van der Waals surface area contributed by atoms with Gasteiger partial charge in [-0.25, -0.2) is 8.42 Å². The molecule has 0 fully saturated rings. The molecule has 0 spiro atoms. The SMILES string of the molecule is Cc1cc(C(=O)Nc2ccc(S(C)(=O)=O)cc2)c(C)n1-c1ccc(-c2cccc(N)c2)cc1C(F)(F)F. The number of hydrogen-bond donors (Lipinski definition) is 2. The highest BCUT2D eigenvalue weighted by molar-refractivity contribution is 7.90. The number of halogens is 3. The Labute approximate surface area is 212 Å². The van der Waals surface area contributed by atoms with Crippen molar-refractivity contribution in [3.8, 4) is 16.8 Å². The van der Waals surface area contributed by atoms with Gasteiger partial charge in [0.25, 0.3) is 5.91 Å². The maximum absolute atomic E-state index is 14.2. The van der Waals surface area contributed by atoms with Crippen LogP contribution in [0.25, 0.3) is 16.8 Å². The van der Waals surface area contributed by atoms with Crippen LogP contribution >= 0.6 is 0 Å². The van der Waals surface area contributed by atoms with Gasteiger partial charge in [0.2, 0.25) is 0 Å². The van der Waals surface area contributed by atoms with Crippen molar-refractivity contribution in [2.24, 2.45) is 0 Å². The monoisotopic (exact) mass is 527 g/mol. The van der Waals surface area contributed by atoms with Gasteiger partial charge in [-0.3, -0.25) is 4.79 Å². The van der Waals surface area contributed by atoms with Gasteiger partial charge in [0.15, 0.2) is 9.84 Å². The summed E-state index contributed by atoms with van der Waals surface area (Å²) in [5.74, 6) is -0.531. The molecule has 0 saturated carbocycles. The Kier molecular flexibility index (Phi) is 6.64. The number of alkyl halides is 3. The molecule has 6 nitrogen and oxygen atoms in total. The molecule has 4 aromatic rings. The summed E-state index contributed by atoms with van der Waals surface area (Å²) in [5.41, 5.74) is 7.51. The quantitative estimate of drug-likeness (QED) is 0.311. The molecule has 3 N–H and O–H groups in total. The van der Waals surface area contributed by atoms with Crippen LogP contribution in [0.4, 0.5) is 24.5 Å². The molecule has 0 unspecified atom stereocenters. The number of aromatic nitrogens is 1. The number of benzene rings is 3. The van der Waals surface area contributed by atoms with Gasteiger partial charge in [-0.15, -0.1) is 0 Å². The number of nitrogens with zero attached hydrogens (tertiary/aromatic N) is 1. The van der Waals surface area contributed by atoms with Crippen molar-refractivity contribution in [1.82, 2.24) is 4.57 Å². The summed E-state index contributed by atoms with van der Waals surface area (Å²) >= 11 is 0. The molecule has 10 heteroatoms. The van der Waals surface area contributed by atoms with Crippen LogP contribution in [0.2, 0.25) is 0 Å². The molecule has 0 aliphatic heterocycles. The molecule has 1 heterocycles. The van der Waals surface area contributed by atoms with E-state index in [1.807, 2.05) is 0 Å². The average Bonchev–Trinajstić information content (AvgIpc) is 3.11. The van der Waals surface area contributed by atoms with E-state index < -0.39 is 27.5 Å². The first kappa shape index (κ1) is 26.0. The highest BCUT2D eigenvalue weighted by atomic mass is 32.2. The second kappa shape index (κ2) is 9.44. The van der Waals surface area contributed by atoms with E-state index in [-0.39, 0.29) is 16.1 Å². The summed E-state index contributed by atoms with van der Waals surface area (Å²) in [7, 11) is -3.39. The van der Waals surface area contributed by atoms with Gasteiger partial charge in [-0.2, -0.15) is 13.2 Å². The van der Waals surface area contributed by atoms with Crippen molar-refractivity contribution in [3.63, 3.8) is 0 Å². The highest BCUT2D eigenvalue weighted by Gasteiger charge is 2.35. The zero-order chi connectivity index (χ0) is 27.1. The fourth-order valence-corrected chi connectivity index (χ4v) is 4.83. The third-order valence-corrected chi connectivity index (χ3v) is 7.11. The van der Waals surface area contributed by atoms with Crippen LogP contribution in [0.15, 0.2) is 77.7 Å². The number of rotatable bonds is 5. The molecule has 0 aliphatic rings. The van der Waals surface area contributed by atoms with E-state index in [0.717, 1.165) is 12.3 Å². The van der Waals surface area contributed by atoms with E-state index in [0.29, 0.717) is 33.9 Å². The van der Waals surface area contributed by atoms with E-state index in [1.165, 1.54) is 41.0 Å². The lowest BCUT2D eigenvalue weighted by Gasteiger charge is -2.18. The average molecular weight is 528 g/mol. The second-order valence-corrected chi connectivity index (χ2v) is 10.7. The van der Waals surface area contributed by atoms with Crippen molar-refractivity contribution in [3.05, 3.63) is 95.3 Å². The fourth-order valence-electron chi connectivity index (χ4n) is 4.20. The first-order chi connectivity index (χ1) is 17.3. The van der Waals surface area contributed by atoms with E-state index in [4.69, 9.17) is 5.73 Å². The van der Waals surface area contributed by atoms with E-state index >= 15 is 0 Å². The Morgan fingerprint density at radius 2 is 1.57 bits per heavy atom. The summed E-state index contributed by atoms with van der Waals surface area (Å²) in [6, 6.07) is 17.8. The van der Waals surface area contributed by atoms with Gasteiger partial charge in [0, 0.05) is 29.0 Å². The summed E-state index contributed by atoms with van der Waals surface area (Å²) in [4.78, 5) is 13.1. The molecule has 3 aromatic carbocycles. The zero-order valence-electron chi connectivity index (χ0n) is 20.2. The molecule has 4 rings (SSSR count). The molecule has 0 saturated heterocycles. The van der Waals surface area contributed by atoms with Crippen molar-refractivity contribution in [2.75, 3.05) is 17.3 Å². The Morgan fingerprint density at radius 1 is 0.919 bits per heavy atom. The van der Waals surface area contributed by atoms with Gasteiger partial charge in [-0.1, -0.05) is 18.2 Å². The van der Waals surface area contributed by atoms with E-state index in [2.05, 4.69) is 5.32 Å². The second-order valence-electron chi connectivity index (χ2n) is 8.73. The van der Waals surface area contributed by atoms with E-state index in [9.17, 15) is 26.4 Å². The van der Waals surface area contributed by atoms with Gasteiger partial charge in [0.1, 0.15) is 0 Å². The lowest BCUT2D eigenvalue weighted by Crippen LogP contribution is -2.15. The fraction of sp³-hybridized carbons (Fsp3) is 0.148. The summed E-state index contributed by atoms with van der Waals surface area (Å²) in [5, 5.41) is 2.67. The van der Waals surface area contributed by atoms with Crippen LogP contribution in [0.5, 0.6) is 0 Å². The lowest BCUT2D eigenvalue weighted by molar-refractivity contribution is -0.137. The highest BCUT2D eigenvalue weighted by Crippen LogP contribution is 2.38. The van der Waals surface area contributed by atoms with Crippen molar-refractivity contribution in [1.29, 1.82) is 0 Å². The maximum atomic E-state index is 14.2. The number of aryl methyl sites for hydroxylation is 1. The van der Waals surface area contributed by atoms with Crippen molar-refractivity contribution < 1.29 is 26.4 Å². The van der Waals surface area contributed by atoms with Crippen molar-refractivity contribution >= 4 is 27.1 Å². The van der Waals surface area contributed by atoms with Gasteiger partial charge in [0.05, 0.1) is 21.7 Å². The number of anilines is 2. The Bertz CT molecular complexity index is 1610. The molecule has 1 aromatic heterocycles. The van der Waals surface area contributed by atoms with Gasteiger partial charge in [-0.05, 0) is 79.6 Å². The molecule has 0 radical (unpaired) electrons. The minimum Gasteiger partial charge on any atom is -0.399 e. The Hall–Kier alpha value is -4.05. The zero-order valence-corrected chi connectivity index (χ0v) is 21.0. The summed E-state index contributed by atoms with van der Waals surface area (Å²) in [6.45, 7) is 3.19. The van der Waals surface area contributed by atoms with Crippen LogP contribution in [0.1, 0.15) is 27.3 Å². The van der Waals surface area contributed by atoms with Crippen LogP contribution in [-0.4, -0.2) is 25.1 Å². The van der Waals surface area contributed by atoms with E-state index in [1.54, 1.807) is 44.2 Å².